The van der Waals surface area contributed by atoms with Crippen LogP contribution in [0.1, 0.15) is 11.1 Å². The smallest absolute Gasteiger partial charge is 0.229 e. The van der Waals surface area contributed by atoms with Gasteiger partial charge in [-0.15, -0.1) is 0 Å². The van der Waals surface area contributed by atoms with Crippen molar-refractivity contribution in [2.75, 3.05) is 43.6 Å². The average Bonchev–Trinajstić information content (AvgIpc) is 3.09. The molecule has 1 fully saturated rings. The van der Waals surface area contributed by atoms with Crippen molar-refractivity contribution in [3.05, 3.63) is 41.7 Å². The van der Waals surface area contributed by atoms with Gasteiger partial charge in [0.2, 0.25) is 5.95 Å². The van der Waals surface area contributed by atoms with Gasteiger partial charge in [0.1, 0.15) is 6.33 Å². The van der Waals surface area contributed by atoms with E-state index < -0.39 is 0 Å². The molecular formula is C18H21N7O. The van der Waals surface area contributed by atoms with Gasteiger partial charge in [-0.2, -0.15) is 15.1 Å². The quantitative estimate of drug-likeness (QED) is 0.723. The summed E-state index contributed by atoms with van der Waals surface area (Å²) in [5, 5.41) is 7.64. The maximum Gasteiger partial charge on any atom is 0.229 e. The zero-order valence-corrected chi connectivity index (χ0v) is 14.9. The number of nitrogens with zero attached hydrogens (tertiary/aromatic N) is 6. The van der Waals surface area contributed by atoms with Crippen molar-refractivity contribution in [3.63, 3.8) is 0 Å². The normalized spacial score (nSPS) is 15.1. The van der Waals surface area contributed by atoms with Crippen LogP contribution in [0.25, 0.3) is 11.2 Å². The molecule has 26 heavy (non-hydrogen) atoms. The first-order valence-electron chi connectivity index (χ1n) is 8.61. The second-order valence-electron chi connectivity index (χ2n) is 6.14. The van der Waals surface area contributed by atoms with Gasteiger partial charge in [0.25, 0.3) is 0 Å². The maximum atomic E-state index is 5.42. The molecule has 0 saturated carbocycles. The van der Waals surface area contributed by atoms with Crippen molar-refractivity contribution in [2.45, 2.75) is 6.92 Å². The Morgan fingerprint density at radius 2 is 2.08 bits per heavy atom. The molecule has 8 heteroatoms. The summed E-state index contributed by atoms with van der Waals surface area (Å²) in [6, 6.07) is 8.17. The van der Waals surface area contributed by atoms with Crippen molar-refractivity contribution in [2.24, 2.45) is 5.10 Å². The number of anilines is 2. The van der Waals surface area contributed by atoms with Gasteiger partial charge in [0, 0.05) is 20.1 Å². The van der Waals surface area contributed by atoms with E-state index in [1.54, 1.807) is 11.0 Å². The van der Waals surface area contributed by atoms with E-state index in [4.69, 9.17) is 9.72 Å². The summed E-state index contributed by atoms with van der Waals surface area (Å²) in [6.45, 7) is 4.97. The number of benzene rings is 1. The third kappa shape index (κ3) is 3.23. The SMILES string of the molecule is CNc1nc(N2CCOCC2)nc2c1ncn2/N=C/c1cccc(C)c1. The van der Waals surface area contributed by atoms with Gasteiger partial charge in [-0.1, -0.05) is 29.8 Å². The fourth-order valence-electron chi connectivity index (χ4n) is 2.92. The lowest BCUT2D eigenvalue weighted by Gasteiger charge is -2.26. The standard InChI is InChI=1S/C18H21N7O/c1-13-4-3-5-14(10-13)11-21-25-12-20-15-16(19-2)22-18(23-17(15)25)24-6-8-26-9-7-24/h3-5,10-12H,6-9H2,1-2H3,(H,19,22,23)/b21-11+. The molecule has 1 aromatic carbocycles. The molecule has 1 aliphatic heterocycles. The Morgan fingerprint density at radius 1 is 1.23 bits per heavy atom. The maximum absolute atomic E-state index is 5.42. The van der Waals surface area contributed by atoms with Crippen LogP contribution in [0.4, 0.5) is 11.8 Å². The van der Waals surface area contributed by atoms with Gasteiger partial charge in [-0.3, -0.25) is 0 Å². The number of aryl methyl sites for hydroxylation is 1. The lowest BCUT2D eigenvalue weighted by molar-refractivity contribution is 0.122. The predicted octanol–water partition coefficient (Wildman–Crippen LogP) is 1.90. The van der Waals surface area contributed by atoms with Crippen molar-refractivity contribution in [1.29, 1.82) is 0 Å². The molecule has 134 valence electrons. The monoisotopic (exact) mass is 351 g/mol. The summed E-state index contributed by atoms with van der Waals surface area (Å²) in [5.41, 5.74) is 3.60. The summed E-state index contributed by atoms with van der Waals surface area (Å²) < 4.78 is 7.10. The van der Waals surface area contributed by atoms with Crippen LogP contribution in [0.2, 0.25) is 0 Å². The van der Waals surface area contributed by atoms with E-state index in [-0.39, 0.29) is 0 Å². The minimum absolute atomic E-state index is 0.664. The fourth-order valence-corrected chi connectivity index (χ4v) is 2.92. The van der Waals surface area contributed by atoms with Crippen LogP contribution in [-0.4, -0.2) is 59.2 Å². The van der Waals surface area contributed by atoms with Crippen LogP contribution in [0, 0.1) is 6.92 Å². The number of hydrogen-bond acceptors (Lipinski definition) is 7. The van der Waals surface area contributed by atoms with E-state index in [9.17, 15) is 0 Å². The topological polar surface area (TPSA) is 80.5 Å². The molecule has 3 aromatic rings. The molecular weight excluding hydrogens is 330 g/mol. The van der Waals surface area contributed by atoms with Crippen molar-refractivity contribution in [3.8, 4) is 0 Å². The highest BCUT2D eigenvalue weighted by atomic mass is 16.5. The molecule has 0 aliphatic carbocycles. The number of ether oxygens (including phenoxy) is 1. The molecule has 0 bridgehead atoms. The number of imidazole rings is 1. The largest absolute Gasteiger partial charge is 0.378 e. The van der Waals surface area contributed by atoms with Gasteiger partial charge in [-0.05, 0) is 12.5 Å². The van der Waals surface area contributed by atoms with Crippen LogP contribution >= 0.6 is 0 Å². The fraction of sp³-hybridized carbons (Fsp3) is 0.333. The van der Waals surface area contributed by atoms with Crippen molar-refractivity contribution in [1.82, 2.24) is 19.6 Å². The van der Waals surface area contributed by atoms with Crippen LogP contribution in [0.5, 0.6) is 0 Å². The third-order valence-corrected chi connectivity index (χ3v) is 4.27. The molecule has 3 heterocycles. The van der Waals surface area contributed by atoms with Gasteiger partial charge in [0.05, 0.1) is 19.4 Å². The minimum atomic E-state index is 0.664. The van der Waals surface area contributed by atoms with E-state index in [0.717, 1.165) is 18.7 Å². The van der Waals surface area contributed by atoms with E-state index in [2.05, 4.69) is 44.3 Å². The predicted molar refractivity (Wildman–Crippen MR) is 102 cm³/mol. The molecule has 8 nitrogen and oxygen atoms in total. The molecule has 0 spiro atoms. The Balaban J connectivity index is 1.73. The highest BCUT2D eigenvalue weighted by Gasteiger charge is 2.18. The van der Waals surface area contributed by atoms with Gasteiger partial charge >= 0.3 is 0 Å². The van der Waals surface area contributed by atoms with Crippen molar-refractivity contribution < 1.29 is 4.74 Å². The Kier molecular flexibility index (Phi) is 4.49. The molecule has 4 rings (SSSR count). The highest BCUT2D eigenvalue weighted by molar-refractivity contribution is 5.85. The van der Waals surface area contributed by atoms with E-state index in [0.29, 0.717) is 36.1 Å². The first-order valence-corrected chi connectivity index (χ1v) is 8.61. The van der Waals surface area contributed by atoms with E-state index in [1.165, 1.54) is 5.56 Å². The molecule has 2 aromatic heterocycles. The average molecular weight is 351 g/mol. The van der Waals surface area contributed by atoms with Gasteiger partial charge < -0.3 is 15.0 Å². The Bertz CT molecular complexity index is 944. The number of nitrogens with one attached hydrogen (secondary N) is 1. The van der Waals surface area contributed by atoms with E-state index >= 15 is 0 Å². The summed E-state index contributed by atoms with van der Waals surface area (Å²) in [5.74, 6) is 1.36. The van der Waals surface area contributed by atoms with Crippen molar-refractivity contribution >= 4 is 29.1 Å². The molecule has 1 N–H and O–H groups in total. The summed E-state index contributed by atoms with van der Waals surface area (Å²) in [7, 11) is 1.83. The number of hydrogen-bond donors (Lipinski definition) is 1. The summed E-state index contributed by atoms with van der Waals surface area (Å²) in [6.07, 6.45) is 3.47. The summed E-state index contributed by atoms with van der Waals surface area (Å²) in [4.78, 5) is 15.9. The third-order valence-electron chi connectivity index (χ3n) is 4.27. The molecule has 0 radical (unpaired) electrons. The molecule has 1 saturated heterocycles. The second-order valence-corrected chi connectivity index (χ2v) is 6.14. The van der Waals surface area contributed by atoms with E-state index in [1.807, 2.05) is 25.4 Å². The Labute approximate surface area is 151 Å². The Hall–Kier alpha value is -3.00. The first-order chi connectivity index (χ1) is 12.7. The number of morpholine rings is 1. The lowest BCUT2D eigenvalue weighted by atomic mass is 10.2. The minimum Gasteiger partial charge on any atom is -0.378 e. The highest BCUT2D eigenvalue weighted by Crippen LogP contribution is 2.22. The number of aromatic nitrogens is 4. The van der Waals surface area contributed by atoms with Crippen LogP contribution in [-0.2, 0) is 4.74 Å². The zero-order chi connectivity index (χ0) is 17.9. The number of fused-ring (bicyclic) bond motifs is 1. The van der Waals surface area contributed by atoms with Crippen LogP contribution in [0.3, 0.4) is 0 Å². The van der Waals surface area contributed by atoms with Gasteiger partial charge in [-0.25, -0.2) is 9.66 Å². The first kappa shape index (κ1) is 16.5. The van der Waals surface area contributed by atoms with Crippen LogP contribution in [0.15, 0.2) is 35.7 Å². The molecule has 0 unspecified atom stereocenters. The zero-order valence-electron chi connectivity index (χ0n) is 14.9. The molecule has 1 aliphatic rings. The number of rotatable bonds is 4. The van der Waals surface area contributed by atoms with Crippen LogP contribution < -0.4 is 10.2 Å². The Morgan fingerprint density at radius 3 is 2.85 bits per heavy atom. The summed E-state index contributed by atoms with van der Waals surface area (Å²) >= 11 is 0. The molecule has 0 atom stereocenters. The second kappa shape index (κ2) is 7.09. The molecule has 0 amide bonds. The lowest BCUT2D eigenvalue weighted by Crippen LogP contribution is -2.37. The van der Waals surface area contributed by atoms with Gasteiger partial charge in [0.15, 0.2) is 17.0 Å².